The minimum absolute atomic E-state index is 0.0452. The van der Waals surface area contributed by atoms with E-state index < -0.39 is 35.8 Å². The first-order valence-corrected chi connectivity index (χ1v) is 8.53. The minimum Gasteiger partial charge on any atom is -0.462 e. The normalized spacial score (nSPS) is 18.1. The van der Waals surface area contributed by atoms with Gasteiger partial charge < -0.3 is 19.5 Å². The molecule has 0 aliphatic carbocycles. The molecule has 2 rings (SSSR count). The monoisotopic (exact) mass is 389 g/mol. The van der Waals surface area contributed by atoms with Crippen molar-refractivity contribution in [2.75, 3.05) is 26.4 Å². The number of carbonyl (C=O) groups excluding carboxylic acids is 2. The highest BCUT2D eigenvalue weighted by Gasteiger charge is 2.65. The van der Waals surface area contributed by atoms with E-state index in [1.807, 2.05) is 0 Å². The van der Waals surface area contributed by atoms with Crippen molar-refractivity contribution in [2.24, 2.45) is 5.41 Å². The molecule has 6 nitrogen and oxygen atoms in total. The van der Waals surface area contributed by atoms with Gasteiger partial charge in [0.15, 0.2) is 0 Å². The molecule has 1 fully saturated rings. The van der Waals surface area contributed by atoms with Crippen molar-refractivity contribution in [3.63, 3.8) is 0 Å². The van der Waals surface area contributed by atoms with Crippen LogP contribution >= 0.6 is 0 Å². The Labute approximate surface area is 155 Å². The Hall–Kier alpha value is -2.13. The van der Waals surface area contributed by atoms with Crippen molar-refractivity contribution in [3.05, 3.63) is 35.9 Å². The van der Waals surface area contributed by atoms with E-state index in [0.29, 0.717) is 6.42 Å². The Morgan fingerprint density at radius 1 is 1.19 bits per heavy atom. The highest BCUT2D eigenvalue weighted by Crippen LogP contribution is 2.38. The maximum absolute atomic E-state index is 14.0. The molecule has 1 atom stereocenters. The highest BCUT2D eigenvalue weighted by atomic mass is 19.4. The van der Waals surface area contributed by atoms with Crippen LogP contribution in [0.5, 0.6) is 0 Å². The molecule has 0 spiro atoms. The second kappa shape index (κ2) is 8.26. The zero-order chi connectivity index (χ0) is 20.1. The molecular weight excluding hydrogens is 367 g/mol. The minimum atomic E-state index is -5.23. The molecule has 27 heavy (non-hydrogen) atoms. The lowest BCUT2D eigenvalue weighted by atomic mass is 9.84. The largest absolute Gasteiger partial charge is 0.462 e. The van der Waals surface area contributed by atoms with Crippen LogP contribution in [0.1, 0.15) is 30.6 Å². The molecule has 0 unspecified atom stereocenters. The fraction of sp³-hybridized carbons (Fsp3) is 0.556. The van der Waals surface area contributed by atoms with E-state index in [4.69, 9.17) is 9.47 Å². The summed E-state index contributed by atoms with van der Waals surface area (Å²) in [6, 6.07) is 7.25. The molecule has 1 saturated heterocycles. The molecule has 1 N–H and O–H groups in total. The van der Waals surface area contributed by atoms with Crippen LogP contribution < -0.4 is 5.32 Å². The van der Waals surface area contributed by atoms with Gasteiger partial charge in [-0.05, 0) is 25.5 Å². The summed E-state index contributed by atoms with van der Waals surface area (Å²) < 4.78 is 56.6. The van der Waals surface area contributed by atoms with Gasteiger partial charge in [0.1, 0.15) is 0 Å². The molecule has 0 aromatic heterocycles. The SMILES string of the molecule is CCOC(=O)[C@@](NC(=O)c1ccccc1)(OCC1(CC)COC1)C(F)(F)F. The van der Waals surface area contributed by atoms with Crippen LogP contribution in [0.25, 0.3) is 0 Å². The molecule has 150 valence electrons. The first-order valence-electron chi connectivity index (χ1n) is 8.53. The van der Waals surface area contributed by atoms with Crippen molar-refractivity contribution in [1.82, 2.24) is 5.32 Å². The van der Waals surface area contributed by atoms with Crippen molar-refractivity contribution >= 4 is 11.9 Å². The molecule has 0 saturated carbocycles. The van der Waals surface area contributed by atoms with Gasteiger partial charge in [0, 0.05) is 11.0 Å². The number of halogens is 3. The lowest BCUT2D eigenvalue weighted by Gasteiger charge is -2.43. The number of hydrogen-bond donors (Lipinski definition) is 1. The van der Waals surface area contributed by atoms with Gasteiger partial charge in [0.25, 0.3) is 5.91 Å². The molecular formula is C18H22F3NO5. The van der Waals surface area contributed by atoms with Crippen LogP contribution in [0.15, 0.2) is 30.3 Å². The zero-order valence-corrected chi connectivity index (χ0v) is 15.1. The summed E-state index contributed by atoms with van der Waals surface area (Å²) in [5.74, 6) is -2.82. The number of alkyl halides is 3. The van der Waals surface area contributed by atoms with E-state index in [-0.39, 0.29) is 25.4 Å². The lowest BCUT2D eigenvalue weighted by molar-refractivity contribution is -0.298. The molecule has 1 aromatic rings. The molecule has 1 aromatic carbocycles. The number of hydrogen-bond acceptors (Lipinski definition) is 5. The predicted molar refractivity (Wildman–Crippen MR) is 88.8 cm³/mol. The summed E-state index contributed by atoms with van der Waals surface area (Å²) in [6.45, 7) is 2.86. The Morgan fingerprint density at radius 2 is 1.81 bits per heavy atom. The van der Waals surface area contributed by atoms with E-state index in [2.05, 4.69) is 4.74 Å². The maximum atomic E-state index is 14.0. The van der Waals surface area contributed by atoms with Crippen molar-refractivity contribution in [3.8, 4) is 0 Å². The zero-order valence-electron chi connectivity index (χ0n) is 15.1. The molecule has 1 aliphatic rings. The van der Waals surface area contributed by atoms with E-state index in [1.165, 1.54) is 31.2 Å². The Balaban J connectivity index is 2.35. The average Bonchev–Trinajstić information content (AvgIpc) is 2.59. The third kappa shape index (κ3) is 4.41. The van der Waals surface area contributed by atoms with Gasteiger partial charge in [-0.2, -0.15) is 13.2 Å². The summed E-state index contributed by atoms with van der Waals surface area (Å²) in [6.07, 6.45) is -4.74. The van der Waals surface area contributed by atoms with Gasteiger partial charge in [-0.3, -0.25) is 4.79 Å². The number of carbonyl (C=O) groups is 2. The molecule has 0 bridgehead atoms. The Kier molecular flexibility index (Phi) is 6.48. The fourth-order valence-electron chi connectivity index (χ4n) is 2.51. The van der Waals surface area contributed by atoms with Crippen LogP contribution in [0.4, 0.5) is 13.2 Å². The van der Waals surface area contributed by atoms with Gasteiger partial charge in [-0.15, -0.1) is 0 Å². The molecule has 0 radical (unpaired) electrons. The third-order valence-corrected chi connectivity index (χ3v) is 4.45. The number of benzene rings is 1. The smallest absolute Gasteiger partial charge is 0.448 e. The summed E-state index contributed by atoms with van der Waals surface area (Å²) in [5, 5.41) is 1.71. The standard InChI is InChI=1S/C18H22F3NO5/c1-3-16(10-25-11-16)12-27-17(18(19,20)21,15(24)26-4-2)22-14(23)13-8-6-5-7-9-13/h5-9H,3-4,10-12H2,1-2H3,(H,22,23)/t17-/m1/s1. The van der Waals surface area contributed by atoms with Gasteiger partial charge >= 0.3 is 17.9 Å². The summed E-state index contributed by atoms with van der Waals surface area (Å²) in [4.78, 5) is 24.6. The van der Waals surface area contributed by atoms with Crippen molar-refractivity contribution < 1.29 is 37.0 Å². The Morgan fingerprint density at radius 3 is 2.26 bits per heavy atom. The number of ether oxygens (including phenoxy) is 3. The maximum Gasteiger partial charge on any atom is 0.448 e. The van der Waals surface area contributed by atoms with E-state index in [1.54, 1.807) is 18.3 Å². The van der Waals surface area contributed by atoms with Crippen LogP contribution in [-0.4, -0.2) is 50.2 Å². The van der Waals surface area contributed by atoms with Crippen LogP contribution in [0, 0.1) is 5.41 Å². The molecule has 1 amide bonds. The second-order valence-corrected chi connectivity index (χ2v) is 6.35. The Bertz CT molecular complexity index is 655. The summed E-state index contributed by atoms with van der Waals surface area (Å²) in [7, 11) is 0. The van der Waals surface area contributed by atoms with E-state index in [9.17, 15) is 22.8 Å². The summed E-state index contributed by atoms with van der Waals surface area (Å²) >= 11 is 0. The number of rotatable bonds is 8. The summed E-state index contributed by atoms with van der Waals surface area (Å²) in [5.41, 5.74) is -4.29. The van der Waals surface area contributed by atoms with Gasteiger partial charge in [0.2, 0.25) is 0 Å². The van der Waals surface area contributed by atoms with Crippen LogP contribution in [0.2, 0.25) is 0 Å². The van der Waals surface area contributed by atoms with Crippen LogP contribution in [0.3, 0.4) is 0 Å². The number of nitrogens with one attached hydrogen (secondary N) is 1. The predicted octanol–water partition coefficient (Wildman–Crippen LogP) is 2.68. The van der Waals surface area contributed by atoms with Crippen molar-refractivity contribution in [1.29, 1.82) is 0 Å². The van der Waals surface area contributed by atoms with Gasteiger partial charge in [0.05, 0.1) is 26.4 Å². The molecule has 9 heteroatoms. The molecule has 1 aliphatic heterocycles. The quantitative estimate of drug-likeness (QED) is 0.547. The second-order valence-electron chi connectivity index (χ2n) is 6.35. The first kappa shape index (κ1) is 21.2. The van der Waals surface area contributed by atoms with E-state index in [0.717, 1.165) is 0 Å². The third-order valence-electron chi connectivity index (χ3n) is 4.45. The van der Waals surface area contributed by atoms with Gasteiger partial charge in [-0.1, -0.05) is 25.1 Å². The number of esters is 1. The lowest BCUT2D eigenvalue weighted by Crippen LogP contribution is -2.67. The topological polar surface area (TPSA) is 73.9 Å². The highest BCUT2D eigenvalue weighted by molar-refractivity contribution is 5.98. The fourth-order valence-corrected chi connectivity index (χ4v) is 2.51. The van der Waals surface area contributed by atoms with Gasteiger partial charge in [-0.25, -0.2) is 4.79 Å². The van der Waals surface area contributed by atoms with Crippen molar-refractivity contribution in [2.45, 2.75) is 32.2 Å². The average molecular weight is 389 g/mol. The van der Waals surface area contributed by atoms with Crippen LogP contribution in [-0.2, 0) is 19.0 Å². The van der Waals surface area contributed by atoms with E-state index >= 15 is 0 Å². The molecule has 1 heterocycles. The first-order chi connectivity index (χ1) is 12.7. The number of amides is 1.